The highest BCUT2D eigenvalue weighted by molar-refractivity contribution is 5.85. The molecule has 1 aliphatic heterocycles. The summed E-state index contributed by atoms with van der Waals surface area (Å²) < 4.78 is 0. The van der Waals surface area contributed by atoms with Crippen molar-refractivity contribution in [3.8, 4) is 0 Å². The Morgan fingerprint density at radius 1 is 1.32 bits per heavy atom. The van der Waals surface area contributed by atoms with E-state index in [1.807, 2.05) is 36.1 Å². The maximum Gasteiger partial charge on any atom is 0.222 e. The number of aliphatic hydroxyl groups is 1. The predicted molar refractivity (Wildman–Crippen MR) is 108 cm³/mol. The van der Waals surface area contributed by atoms with Crippen molar-refractivity contribution in [2.24, 2.45) is 0 Å². The van der Waals surface area contributed by atoms with E-state index in [9.17, 15) is 9.90 Å². The van der Waals surface area contributed by atoms with Gasteiger partial charge in [-0.15, -0.1) is 24.8 Å². The maximum absolute atomic E-state index is 12.5. The molecule has 0 saturated carbocycles. The van der Waals surface area contributed by atoms with Crippen molar-refractivity contribution in [3.05, 3.63) is 29.8 Å². The monoisotopic (exact) mass is 391 g/mol. The lowest BCUT2D eigenvalue weighted by Crippen LogP contribution is -2.55. The lowest BCUT2D eigenvalue weighted by atomic mass is 10.1. The Labute approximate surface area is 163 Å². The number of nitrogens with zero attached hydrogens (tertiary/aromatic N) is 2. The van der Waals surface area contributed by atoms with Gasteiger partial charge in [-0.3, -0.25) is 9.69 Å². The number of hydrogen-bond donors (Lipinski definition) is 2. The summed E-state index contributed by atoms with van der Waals surface area (Å²) in [6.45, 7) is 6.97. The van der Waals surface area contributed by atoms with Gasteiger partial charge < -0.3 is 15.7 Å². The number of hydrogen-bond acceptors (Lipinski definition) is 4. The van der Waals surface area contributed by atoms with Crippen molar-refractivity contribution in [2.45, 2.75) is 45.3 Å². The van der Waals surface area contributed by atoms with E-state index in [0.29, 0.717) is 25.4 Å². The van der Waals surface area contributed by atoms with Gasteiger partial charge in [-0.25, -0.2) is 0 Å². The van der Waals surface area contributed by atoms with Gasteiger partial charge in [0.15, 0.2) is 0 Å². The third-order valence-electron chi connectivity index (χ3n) is 4.59. The molecule has 1 aromatic rings. The van der Waals surface area contributed by atoms with Crippen molar-refractivity contribution >= 4 is 36.4 Å². The lowest BCUT2D eigenvalue weighted by molar-refractivity contribution is -0.134. The van der Waals surface area contributed by atoms with Crippen LogP contribution in [0.1, 0.15) is 32.3 Å². The molecule has 144 valence electrons. The second-order valence-electron chi connectivity index (χ2n) is 6.44. The van der Waals surface area contributed by atoms with Gasteiger partial charge in [0.25, 0.3) is 0 Å². The number of nitrogens with two attached hydrogens (primary N) is 1. The number of aryl methyl sites for hydroxylation is 1. The Balaban J connectivity index is 0.00000288. The Hall–Kier alpha value is -1.01. The summed E-state index contributed by atoms with van der Waals surface area (Å²) in [6.07, 6.45) is 1.85. The zero-order chi connectivity index (χ0) is 16.8. The number of piperazine rings is 1. The van der Waals surface area contributed by atoms with Gasteiger partial charge in [0.2, 0.25) is 5.91 Å². The zero-order valence-electron chi connectivity index (χ0n) is 15.1. The third-order valence-corrected chi connectivity index (χ3v) is 4.59. The molecule has 0 radical (unpaired) electrons. The van der Waals surface area contributed by atoms with E-state index >= 15 is 0 Å². The summed E-state index contributed by atoms with van der Waals surface area (Å²) in [5, 5.41) is 9.60. The Bertz CT molecular complexity index is 529. The molecule has 0 aliphatic carbocycles. The number of rotatable bonds is 6. The quantitative estimate of drug-likeness (QED) is 0.730. The molecule has 1 saturated heterocycles. The minimum atomic E-state index is -0.327. The average molecular weight is 392 g/mol. The van der Waals surface area contributed by atoms with E-state index in [2.05, 4.69) is 11.8 Å². The molecule has 5 nitrogen and oxygen atoms in total. The summed E-state index contributed by atoms with van der Waals surface area (Å²) in [6, 6.07) is 8.07. The molecule has 1 amide bonds. The van der Waals surface area contributed by atoms with Crippen LogP contribution in [0.2, 0.25) is 0 Å². The first kappa shape index (κ1) is 24.0. The van der Waals surface area contributed by atoms with Gasteiger partial charge in [0.05, 0.1) is 6.10 Å². The molecular weight excluding hydrogens is 361 g/mol. The zero-order valence-corrected chi connectivity index (χ0v) is 16.7. The van der Waals surface area contributed by atoms with Gasteiger partial charge in [-0.05, 0) is 31.4 Å². The summed E-state index contributed by atoms with van der Waals surface area (Å²) in [5.41, 5.74) is 7.74. The molecule has 25 heavy (non-hydrogen) atoms. The summed E-state index contributed by atoms with van der Waals surface area (Å²) in [4.78, 5) is 16.7. The molecule has 0 spiro atoms. The van der Waals surface area contributed by atoms with Gasteiger partial charge in [-0.1, -0.05) is 25.1 Å². The first-order valence-corrected chi connectivity index (χ1v) is 8.54. The number of benzene rings is 1. The van der Waals surface area contributed by atoms with Crippen molar-refractivity contribution in [3.63, 3.8) is 0 Å². The first-order chi connectivity index (χ1) is 11.0. The number of β-amino-alcohol motifs (C(OH)–C–C–N with tert-alkyl or cyclic N) is 1. The number of halogens is 2. The molecule has 3 N–H and O–H groups in total. The number of aliphatic hydroxyl groups excluding tert-OH is 1. The first-order valence-electron chi connectivity index (χ1n) is 8.54. The van der Waals surface area contributed by atoms with Crippen LogP contribution in [0, 0.1) is 0 Å². The largest absolute Gasteiger partial charge is 0.399 e. The molecule has 1 heterocycles. The van der Waals surface area contributed by atoms with Crippen LogP contribution < -0.4 is 5.73 Å². The highest BCUT2D eigenvalue weighted by Gasteiger charge is 2.28. The van der Waals surface area contributed by atoms with Crippen molar-refractivity contribution in [2.75, 3.05) is 31.9 Å². The molecular formula is C18H31Cl2N3O2. The Morgan fingerprint density at radius 2 is 2.00 bits per heavy atom. The van der Waals surface area contributed by atoms with Crippen LogP contribution in [-0.4, -0.2) is 59.1 Å². The van der Waals surface area contributed by atoms with Crippen molar-refractivity contribution in [1.29, 1.82) is 0 Å². The number of para-hydroxylation sites is 1. The second kappa shape index (κ2) is 11.6. The molecule has 1 aromatic carbocycles. The van der Waals surface area contributed by atoms with Crippen LogP contribution in [0.25, 0.3) is 0 Å². The molecule has 0 aromatic heterocycles. The Kier molecular flexibility index (Phi) is 11.1. The molecule has 2 rings (SSSR count). The van der Waals surface area contributed by atoms with Crippen LogP contribution in [0.15, 0.2) is 24.3 Å². The van der Waals surface area contributed by atoms with Gasteiger partial charge in [-0.2, -0.15) is 0 Å². The lowest BCUT2D eigenvalue weighted by Gasteiger charge is -2.41. The number of nitrogen functional groups attached to an aromatic ring is 1. The summed E-state index contributed by atoms with van der Waals surface area (Å²) in [5.74, 6) is 0.198. The minimum Gasteiger partial charge on any atom is -0.399 e. The van der Waals surface area contributed by atoms with E-state index in [1.165, 1.54) is 0 Å². The van der Waals surface area contributed by atoms with Gasteiger partial charge in [0.1, 0.15) is 0 Å². The fourth-order valence-electron chi connectivity index (χ4n) is 3.25. The van der Waals surface area contributed by atoms with Crippen LogP contribution in [0.4, 0.5) is 5.69 Å². The standard InChI is InChI=1S/C18H29N3O2.2ClH/c1-3-16-13-21(11-10-20(16)12-14(2)22)18(23)9-8-15-6-4-5-7-17(15)19;;/h4-7,14,16,22H,3,8-13,19H2,1-2H3;2*1H. The minimum absolute atomic E-state index is 0. The summed E-state index contributed by atoms with van der Waals surface area (Å²) >= 11 is 0. The van der Waals surface area contributed by atoms with Crippen LogP contribution >= 0.6 is 24.8 Å². The maximum atomic E-state index is 12.5. The Morgan fingerprint density at radius 3 is 2.60 bits per heavy atom. The topological polar surface area (TPSA) is 69.8 Å². The number of anilines is 1. The second-order valence-corrected chi connectivity index (χ2v) is 6.44. The van der Waals surface area contributed by atoms with E-state index in [4.69, 9.17) is 5.73 Å². The van der Waals surface area contributed by atoms with E-state index in [-0.39, 0.29) is 36.8 Å². The number of carbonyl (C=O) groups is 1. The van der Waals surface area contributed by atoms with E-state index in [1.54, 1.807) is 0 Å². The normalized spacial score (nSPS) is 18.8. The smallest absolute Gasteiger partial charge is 0.222 e. The highest BCUT2D eigenvalue weighted by Crippen LogP contribution is 2.17. The fourth-order valence-corrected chi connectivity index (χ4v) is 3.25. The third kappa shape index (κ3) is 7.02. The molecule has 1 aliphatic rings. The van der Waals surface area contributed by atoms with Crippen LogP contribution in [0.5, 0.6) is 0 Å². The molecule has 2 atom stereocenters. The van der Waals surface area contributed by atoms with Crippen LogP contribution in [0.3, 0.4) is 0 Å². The van der Waals surface area contributed by atoms with E-state index in [0.717, 1.165) is 37.3 Å². The molecule has 2 unspecified atom stereocenters. The number of carbonyl (C=O) groups excluding carboxylic acids is 1. The van der Waals surface area contributed by atoms with Gasteiger partial charge in [0, 0.05) is 44.3 Å². The van der Waals surface area contributed by atoms with E-state index < -0.39 is 0 Å². The summed E-state index contributed by atoms with van der Waals surface area (Å²) in [7, 11) is 0. The molecule has 1 fully saturated rings. The SMILES string of the molecule is CCC1CN(C(=O)CCc2ccccc2N)CCN1CC(C)O.Cl.Cl. The number of amides is 1. The predicted octanol–water partition coefficient (Wildman–Crippen LogP) is 2.35. The molecule has 0 bridgehead atoms. The van der Waals surface area contributed by atoms with Crippen molar-refractivity contribution < 1.29 is 9.90 Å². The average Bonchev–Trinajstić information content (AvgIpc) is 2.53. The fraction of sp³-hybridized carbons (Fsp3) is 0.611. The highest BCUT2D eigenvalue weighted by atomic mass is 35.5. The van der Waals surface area contributed by atoms with Crippen molar-refractivity contribution in [1.82, 2.24) is 9.80 Å². The van der Waals surface area contributed by atoms with Crippen LogP contribution in [-0.2, 0) is 11.2 Å². The van der Waals surface area contributed by atoms with Gasteiger partial charge >= 0.3 is 0 Å². The molecule has 7 heteroatoms.